The van der Waals surface area contributed by atoms with Crippen LogP contribution in [0.5, 0.6) is 0 Å². The van der Waals surface area contributed by atoms with E-state index in [9.17, 15) is 0 Å². The van der Waals surface area contributed by atoms with Crippen LogP contribution in [0.2, 0.25) is 0 Å². The van der Waals surface area contributed by atoms with Crippen LogP contribution in [0.3, 0.4) is 0 Å². The van der Waals surface area contributed by atoms with Gasteiger partial charge in [0, 0.05) is 6.61 Å². The lowest BCUT2D eigenvalue weighted by atomic mass is 10.2. The minimum atomic E-state index is 0.0785. The first kappa shape index (κ1) is 7.03. The molecule has 1 heterocycles. The van der Waals surface area contributed by atoms with E-state index >= 15 is 0 Å². The lowest BCUT2D eigenvalue weighted by Crippen LogP contribution is -2.14. The predicted molar refractivity (Wildman–Crippen MR) is 35.5 cm³/mol. The zero-order chi connectivity index (χ0) is 6.74. The number of epoxide rings is 1. The molecule has 9 heavy (non-hydrogen) atoms. The average molecular weight is 130 g/mol. The van der Waals surface area contributed by atoms with Gasteiger partial charge < -0.3 is 9.47 Å². The lowest BCUT2D eigenvalue weighted by Gasteiger charge is -2.03. The molecular weight excluding hydrogens is 116 g/mol. The van der Waals surface area contributed by atoms with E-state index in [4.69, 9.17) is 9.47 Å². The van der Waals surface area contributed by atoms with Gasteiger partial charge in [-0.05, 0) is 13.3 Å². The van der Waals surface area contributed by atoms with Gasteiger partial charge in [-0.25, -0.2) is 0 Å². The molecule has 0 aromatic heterocycles. The van der Waals surface area contributed by atoms with Crippen LogP contribution in [-0.2, 0) is 9.47 Å². The molecule has 1 aliphatic heterocycles. The maximum atomic E-state index is 5.28. The predicted octanol–water partition coefficient (Wildman–Crippen LogP) is 1.20. The van der Waals surface area contributed by atoms with Crippen LogP contribution in [0.15, 0.2) is 0 Å². The standard InChI is InChI=1S/C7H14O2/c1-3-4-8-5-7(2)6-9-7/h3-6H2,1-2H3/t7-/m0/s1. The molecule has 1 atom stereocenters. The van der Waals surface area contributed by atoms with Crippen molar-refractivity contribution in [2.45, 2.75) is 25.9 Å². The summed E-state index contributed by atoms with van der Waals surface area (Å²) >= 11 is 0. The second-order valence-electron chi connectivity index (χ2n) is 2.79. The van der Waals surface area contributed by atoms with Crippen LogP contribution in [0.1, 0.15) is 20.3 Å². The molecule has 0 bridgehead atoms. The van der Waals surface area contributed by atoms with Gasteiger partial charge in [0.1, 0.15) is 5.60 Å². The van der Waals surface area contributed by atoms with Crippen molar-refractivity contribution < 1.29 is 9.47 Å². The molecule has 0 radical (unpaired) electrons. The molecule has 0 aromatic carbocycles. The second kappa shape index (κ2) is 2.67. The summed E-state index contributed by atoms with van der Waals surface area (Å²) < 4.78 is 10.4. The van der Waals surface area contributed by atoms with E-state index in [0.29, 0.717) is 0 Å². The topological polar surface area (TPSA) is 21.8 Å². The molecule has 2 heteroatoms. The quantitative estimate of drug-likeness (QED) is 0.421. The highest BCUT2D eigenvalue weighted by Gasteiger charge is 2.39. The third-order valence-corrected chi connectivity index (χ3v) is 1.39. The van der Waals surface area contributed by atoms with E-state index in [1.807, 2.05) is 0 Å². The molecule has 0 aromatic rings. The number of hydrogen-bond donors (Lipinski definition) is 0. The summed E-state index contributed by atoms with van der Waals surface area (Å²) in [6, 6.07) is 0. The van der Waals surface area contributed by atoms with Crippen molar-refractivity contribution in [3.8, 4) is 0 Å². The minimum absolute atomic E-state index is 0.0785. The monoisotopic (exact) mass is 130 g/mol. The molecule has 2 nitrogen and oxygen atoms in total. The maximum absolute atomic E-state index is 5.28. The van der Waals surface area contributed by atoms with Crippen molar-refractivity contribution in [2.24, 2.45) is 0 Å². The Bertz CT molecular complexity index is 86.9. The smallest absolute Gasteiger partial charge is 0.112 e. The highest BCUT2D eigenvalue weighted by Crippen LogP contribution is 2.25. The van der Waals surface area contributed by atoms with Crippen molar-refractivity contribution in [3.63, 3.8) is 0 Å². The first-order chi connectivity index (χ1) is 4.27. The fourth-order valence-electron chi connectivity index (χ4n) is 0.639. The summed E-state index contributed by atoms with van der Waals surface area (Å²) in [5.74, 6) is 0. The molecule has 0 spiro atoms. The molecule has 54 valence electrons. The number of rotatable bonds is 4. The van der Waals surface area contributed by atoms with Gasteiger partial charge in [-0.3, -0.25) is 0 Å². The summed E-state index contributed by atoms with van der Waals surface area (Å²) in [6.07, 6.45) is 1.09. The van der Waals surface area contributed by atoms with E-state index in [0.717, 1.165) is 26.2 Å². The normalized spacial score (nSPS) is 32.7. The Morgan fingerprint density at radius 2 is 2.33 bits per heavy atom. The van der Waals surface area contributed by atoms with Crippen molar-refractivity contribution >= 4 is 0 Å². The van der Waals surface area contributed by atoms with Crippen LogP contribution in [0.4, 0.5) is 0 Å². The fourth-order valence-corrected chi connectivity index (χ4v) is 0.639. The molecule has 0 N–H and O–H groups in total. The number of hydrogen-bond acceptors (Lipinski definition) is 2. The highest BCUT2D eigenvalue weighted by atomic mass is 16.6. The van der Waals surface area contributed by atoms with Gasteiger partial charge in [-0.2, -0.15) is 0 Å². The number of ether oxygens (including phenoxy) is 2. The molecule has 1 rings (SSSR count). The van der Waals surface area contributed by atoms with E-state index in [1.54, 1.807) is 0 Å². The van der Waals surface area contributed by atoms with Crippen LogP contribution in [0.25, 0.3) is 0 Å². The van der Waals surface area contributed by atoms with Crippen molar-refractivity contribution in [3.05, 3.63) is 0 Å². The Balaban J connectivity index is 1.92. The largest absolute Gasteiger partial charge is 0.378 e. The van der Waals surface area contributed by atoms with Crippen LogP contribution in [0, 0.1) is 0 Å². The van der Waals surface area contributed by atoms with Gasteiger partial charge in [-0.15, -0.1) is 0 Å². The third-order valence-electron chi connectivity index (χ3n) is 1.39. The van der Waals surface area contributed by atoms with Crippen LogP contribution >= 0.6 is 0 Å². The molecule has 1 saturated heterocycles. The third kappa shape index (κ3) is 2.33. The first-order valence-electron chi connectivity index (χ1n) is 3.48. The van der Waals surface area contributed by atoms with E-state index in [1.165, 1.54) is 0 Å². The summed E-state index contributed by atoms with van der Waals surface area (Å²) in [6.45, 7) is 6.68. The van der Waals surface area contributed by atoms with E-state index < -0.39 is 0 Å². The summed E-state index contributed by atoms with van der Waals surface area (Å²) in [4.78, 5) is 0. The molecular formula is C7H14O2. The summed E-state index contributed by atoms with van der Waals surface area (Å²) in [7, 11) is 0. The van der Waals surface area contributed by atoms with Crippen LogP contribution < -0.4 is 0 Å². The Kier molecular flexibility index (Phi) is 2.09. The second-order valence-corrected chi connectivity index (χ2v) is 2.79. The van der Waals surface area contributed by atoms with Gasteiger partial charge in [0.05, 0.1) is 13.2 Å². The minimum Gasteiger partial charge on any atom is -0.378 e. The van der Waals surface area contributed by atoms with Crippen molar-refractivity contribution in [2.75, 3.05) is 19.8 Å². The zero-order valence-corrected chi connectivity index (χ0v) is 6.14. The first-order valence-corrected chi connectivity index (χ1v) is 3.48. The molecule has 0 aliphatic carbocycles. The van der Waals surface area contributed by atoms with Crippen molar-refractivity contribution in [1.29, 1.82) is 0 Å². The van der Waals surface area contributed by atoms with Crippen molar-refractivity contribution in [1.82, 2.24) is 0 Å². The van der Waals surface area contributed by atoms with Gasteiger partial charge in [-0.1, -0.05) is 6.92 Å². The summed E-state index contributed by atoms with van der Waals surface area (Å²) in [5.41, 5.74) is 0.0785. The SMILES string of the molecule is CCCOC[C@@]1(C)CO1. The molecule has 1 aliphatic rings. The Morgan fingerprint density at radius 3 is 2.78 bits per heavy atom. The van der Waals surface area contributed by atoms with E-state index in [2.05, 4.69) is 13.8 Å². The fraction of sp³-hybridized carbons (Fsp3) is 1.00. The maximum Gasteiger partial charge on any atom is 0.112 e. The van der Waals surface area contributed by atoms with Gasteiger partial charge in [0.2, 0.25) is 0 Å². The van der Waals surface area contributed by atoms with E-state index in [-0.39, 0.29) is 5.60 Å². The molecule has 0 amide bonds. The van der Waals surface area contributed by atoms with Gasteiger partial charge >= 0.3 is 0 Å². The Hall–Kier alpha value is -0.0800. The molecule has 1 fully saturated rings. The van der Waals surface area contributed by atoms with Crippen LogP contribution in [-0.4, -0.2) is 25.4 Å². The average Bonchev–Trinajstić information content (AvgIpc) is 2.50. The molecule has 0 unspecified atom stereocenters. The lowest BCUT2D eigenvalue weighted by molar-refractivity contribution is 0.0858. The highest BCUT2D eigenvalue weighted by molar-refractivity contribution is 4.86. The Labute approximate surface area is 56.2 Å². The van der Waals surface area contributed by atoms with Gasteiger partial charge in [0.25, 0.3) is 0 Å². The Morgan fingerprint density at radius 1 is 1.67 bits per heavy atom. The summed E-state index contributed by atoms with van der Waals surface area (Å²) in [5, 5.41) is 0. The molecule has 0 saturated carbocycles. The van der Waals surface area contributed by atoms with Gasteiger partial charge in [0.15, 0.2) is 0 Å². The zero-order valence-electron chi connectivity index (χ0n) is 6.14.